The molecular formula is C18H26N4O3. The lowest BCUT2D eigenvalue weighted by molar-refractivity contribution is -0.133. The van der Waals surface area contributed by atoms with E-state index in [0.717, 1.165) is 25.9 Å². The van der Waals surface area contributed by atoms with Gasteiger partial charge >= 0.3 is 0 Å². The molecule has 0 unspecified atom stereocenters. The van der Waals surface area contributed by atoms with Crippen molar-refractivity contribution in [2.45, 2.75) is 32.7 Å². The predicted molar refractivity (Wildman–Crippen MR) is 93.0 cm³/mol. The molecule has 0 atom stereocenters. The quantitative estimate of drug-likeness (QED) is 0.813. The fraction of sp³-hybridized carbons (Fsp3) is 0.611. The van der Waals surface area contributed by atoms with Crippen LogP contribution in [0.3, 0.4) is 0 Å². The Labute approximate surface area is 148 Å². The minimum absolute atomic E-state index is 0.0441. The SMILES string of the molecule is CC(=O)N1CCN(C(=O)c2cccn2CC(=O)N2CCCCC2)CC1. The van der Waals surface area contributed by atoms with E-state index in [1.165, 1.54) is 6.42 Å². The van der Waals surface area contributed by atoms with Crippen LogP contribution in [0.25, 0.3) is 0 Å². The van der Waals surface area contributed by atoms with E-state index in [2.05, 4.69) is 0 Å². The number of likely N-dealkylation sites (tertiary alicyclic amines) is 1. The third-order valence-electron chi connectivity index (χ3n) is 5.08. The molecule has 0 radical (unpaired) electrons. The van der Waals surface area contributed by atoms with Crippen LogP contribution >= 0.6 is 0 Å². The molecule has 2 saturated heterocycles. The summed E-state index contributed by atoms with van der Waals surface area (Å²) in [5.74, 6) is 0.0496. The Morgan fingerprint density at radius 2 is 1.52 bits per heavy atom. The average Bonchev–Trinajstić information content (AvgIpc) is 3.10. The highest BCUT2D eigenvalue weighted by atomic mass is 16.2. The van der Waals surface area contributed by atoms with Gasteiger partial charge in [-0.1, -0.05) is 0 Å². The summed E-state index contributed by atoms with van der Waals surface area (Å²) in [5.41, 5.74) is 0.543. The fourth-order valence-corrected chi connectivity index (χ4v) is 3.52. The number of nitrogens with zero attached hydrogens (tertiary/aromatic N) is 4. The number of piperidine rings is 1. The molecule has 3 rings (SSSR count). The van der Waals surface area contributed by atoms with Crippen molar-refractivity contribution in [2.75, 3.05) is 39.3 Å². The van der Waals surface area contributed by atoms with Crippen LogP contribution in [0.4, 0.5) is 0 Å². The molecule has 3 heterocycles. The van der Waals surface area contributed by atoms with Crippen molar-refractivity contribution in [1.82, 2.24) is 19.3 Å². The van der Waals surface area contributed by atoms with Gasteiger partial charge in [0.05, 0.1) is 0 Å². The third-order valence-corrected chi connectivity index (χ3v) is 5.08. The Balaban J connectivity index is 1.62. The van der Waals surface area contributed by atoms with Crippen LogP contribution < -0.4 is 0 Å². The Morgan fingerprint density at radius 3 is 2.16 bits per heavy atom. The summed E-state index contributed by atoms with van der Waals surface area (Å²) < 4.78 is 1.75. The van der Waals surface area contributed by atoms with E-state index in [-0.39, 0.29) is 24.3 Å². The minimum Gasteiger partial charge on any atom is -0.341 e. The van der Waals surface area contributed by atoms with Gasteiger partial charge in [0.1, 0.15) is 12.2 Å². The summed E-state index contributed by atoms with van der Waals surface area (Å²) in [6, 6.07) is 3.58. The van der Waals surface area contributed by atoms with Gasteiger partial charge in [0.25, 0.3) is 5.91 Å². The van der Waals surface area contributed by atoms with E-state index in [0.29, 0.717) is 31.9 Å². The maximum atomic E-state index is 12.8. The molecule has 0 bridgehead atoms. The molecule has 1 aromatic heterocycles. The van der Waals surface area contributed by atoms with Crippen molar-refractivity contribution in [3.63, 3.8) is 0 Å². The molecule has 25 heavy (non-hydrogen) atoms. The number of amides is 3. The van der Waals surface area contributed by atoms with Crippen molar-refractivity contribution in [2.24, 2.45) is 0 Å². The van der Waals surface area contributed by atoms with Crippen molar-refractivity contribution in [1.29, 1.82) is 0 Å². The standard InChI is InChI=1S/C18H26N4O3/c1-15(23)19-10-12-21(13-11-19)18(25)16-6-5-9-22(16)14-17(24)20-7-3-2-4-8-20/h5-6,9H,2-4,7-8,10-14H2,1H3. The predicted octanol–water partition coefficient (Wildman–Crippen LogP) is 0.805. The molecular weight excluding hydrogens is 320 g/mol. The van der Waals surface area contributed by atoms with Crippen molar-refractivity contribution in [3.8, 4) is 0 Å². The normalized spacial score (nSPS) is 18.4. The first kappa shape index (κ1) is 17.5. The second-order valence-electron chi connectivity index (χ2n) is 6.76. The van der Waals surface area contributed by atoms with Gasteiger partial charge in [-0.3, -0.25) is 14.4 Å². The van der Waals surface area contributed by atoms with Crippen LogP contribution in [0, 0.1) is 0 Å². The van der Waals surface area contributed by atoms with Crippen LogP contribution in [0.2, 0.25) is 0 Å². The molecule has 3 amide bonds. The summed E-state index contributed by atoms with van der Waals surface area (Å²) >= 11 is 0. The van der Waals surface area contributed by atoms with Gasteiger partial charge in [-0.15, -0.1) is 0 Å². The zero-order chi connectivity index (χ0) is 17.8. The van der Waals surface area contributed by atoms with Gasteiger partial charge in [0.2, 0.25) is 11.8 Å². The molecule has 7 nitrogen and oxygen atoms in total. The zero-order valence-electron chi connectivity index (χ0n) is 14.8. The number of carbonyl (C=O) groups excluding carboxylic acids is 3. The third kappa shape index (κ3) is 4.03. The summed E-state index contributed by atoms with van der Waals surface area (Å²) in [6.07, 6.45) is 5.09. The van der Waals surface area contributed by atoms with Crippen molar-refractivity contribution < 1.29 is 14.4 Å². The lowest BCUT2D eigenvalue weighted by atomic mass is 10.1. The van der Waals surface area contributed by atoms with Crippen molar-refractivity contribution >= 4 is 17.7 Å². The molecule has 1 aromatic rings. The first-order chi connectivity index (χ1) is 12.1. The van der Waals surface area contributed by atoms with Gasteiger partial charge in [-0.05, 0) is 31.4 Å². The highest BCUT2D eigenvalue weighted by molar-refractivity contribution is 5.93. The summed E-state index contributed by atoms with van der Waals surface area (Å²) in [6.45, 7) is 5.58. The van der Waals surface area contributed by atoms with E-state index in [1.807, 2.05) is 11.0 Å². The Morgan fingerprint density at radius 1 is 0.880 bits per heavy atom. The number of hydrogen-bond donors (Lipinski definition) is 0. The molecule has 2 aliphatic heterocycles. The van der Waals surface area contributed by atoms with Crippen LogP contribution in [0.5, 0.6) is 0 Å². The second-order valence-corrected chi connectivity index (χ2v) is 6.76. The molecule has 2 fully saturated rings. The average molecular weight is 346 g/mol. The van der Waals surface area contributed by atoms with Crippen LogP contribution in [-0.2, 0) is 16.1 Å². The van der Waals surface area contributed by atoms with Gasteiger partial charge in [-0.25, -0.2) is 0 Å². The lowest BCUT2D eigenvalue weighted by Crippen LogP contribution is -2.50. The summed E-state index contributed by atoms with van der Waals surface area (Å²) in [5, 5.41) is 0. The number of hydrogen-bond acceptors (Lipinski definition) is 3. The van der Waals surface area contributed by atoms with E-state index in [1.54, 1.807) is 33.6 Å². The largest absolute Gasteiger partial charge is 0.341 e. The molecule has 0 aromatic carbocycles. The number of rotatable bonds is 3. The molecule has 0 spiro atoms. The topological polar surface area (TPSA) is 65.9 Å². The minimum atomic E-state index is -0.0698. The smallest absolute Gasteiger partial charge is 0.270 e. The van der Waals surface area contributed by atoms with E-state index < -0.39 is 0 Å². The van der Waals surface area contributed by atoms with Gasteiger partial charge in [0, 0.05) is 52.4 Å². The highest BCUT2D eigenvalue weighted by Crippen LogP contribution is 2.13. The van der Waals surface area contributed by atoms with Gasteiger partial charge < -0.3 is 19.3 Å². The molecule has 0 N–H and O–H groups in total. The number of carbonyl (C=O) groups is 3. The Hall–Kier alpha value is -2.31. The number of piperazine rings is 1. The second kappa shape index (κ2) is 7.72. The highest BCUT2D eigenvalue weighted by Gasteiger charge is 2.26. The fourth-order valence-electron chi connectivity index (χ4n) is 3.52. The van der Waals surface area contributed by atoms with Crippen molar-refractivity contribution in [3.05, 3.63) is 24.0 Å². The van der Waals surface area contributed by atoms with Gasteiger partial charge in [-0.2, -0.15) is 0 Å². The first-order valence-corrected chi connectivity index (χ1v) is 9.04. The zero-order valence-corrected chi connectivity index (χ0v) is 14.8. The van der Waals surface area contributed by atoms with Crippen LogP contribution in [0.1, 0.15) is 36.7 Å². The summed E-state index contributed by atoms with van der Waals surface area (Å²) in [7, 11) is 0. The van der Waals surface area contributed by atoms with E-state index in [4.69, 9.17) is 0 Å². The maximum absolute atomic E-state index is 12.8. The maximum Gasteiger partial charge on any atom is 0.270 e. The van der Waals surface area contributed by atoms with Gasteiger partial charge in [0.15, 0.2) is 0 Å². The monoisotopic (exact) mass is 346 g/mol. The molecule has 2 aliphatic rings. The lowest BCUT2D eigenvalue weighted by Gasteiger charge is -2.34. The Kier molecular flexibility index (Phi) is 5.40. The van der Waals surface area contributed by atoms with Crippen LogP contribution in [-0.4, -0.2) is 76.3 Å². The number of aromatic nitrogens is 1. The molecule has 7 heteroatoms. The molecule has 136 valence electrons. The first-order valence-electron chi connectivity index (χ1n) is 9.04. The molecule has 0 aliphatic carbocycles. The Bertz CT molecular complexity index is 641. The van der Waals surface area contributed by atoms with E-state index >= 15 is 0 Å². The van der Waals surface area contributed by atoms with E-state index in [9.17, 15) is 14.4 Å². The van der Waals surface area contributed by atoms with Crippen LogP contribution in [0.15, 0.2) is 18.3 Å². The summed E-state index contributed by atoms with van der Waals surface area (Å²) in [4.78, 5) is 42.1. The molecule has 0 saturated carbocycles.